The Morgan fingerprint density at radius 2 is 2.30 bits per heavy atom. The number of hydrogen-bond acceptors (Lipinski definition) is 5. The first-order valence-corrected chi connectivity index (χ1v) is 6.08. The highest BCUT2D eigenvalue weighted by Gasteiger charge is 2.34. The van der Waals surface area contributed by atoms with Crippen molar-refractivity contribution in [3.05, 3.63) is 5.82 Å². The molecule has 1 aliphatic rings. The average Bonchev–Trinajstić information content (AvgIpc) is 2.93. The summed E-state index contributed by atoms with van der Waals surface area (Å²) in [6, 6.07) is 0. The predicted molar refractivity (Wildman–Crippen MR) is 63.7 cm³/mol. The fraction of sp³-hybridized carbons (Fsp3) is 0.700. The standard InChI is InChI=1S/C10H15F3N6O/c11-10(12,13)5-19-2-1-6(4-19)3-15-8(20)7-16-9(14)18-17-7/h6H,1-5H2,(H,15,20)(H3,14,16,17,18). The van der Waals surface area contributed by atoms with Crippen LogP contribution >= 0.6 is 0 Å². The fourth-order valence-corrected chi connectivity index (χ4v) is 2.17. The first-order chi connectivity index (χ1) is 9.33. The lowest BCUT2D eigenvalue weighted by molar-refractivity contribution is -0.143. The van der Waals surface area contributed by atoms with Crippen molar-refractivity contribution < 1.29 is 18.0 Å². The highest BCUT2D eigenvalue weighted by molar-refractivity contribution is 5.90. The van der Waals surface area contributed by atoms with E-state index in [2.05, 4.69) is 20.5 Å². The van der Waals surface area contributed by atoms with Crippen molar-refractivity contribution in [2.24, 2.45) is 5.92 Å². The lowest BCUT2D eigenvalue weighted by atomic mass is 10.1. The number of carbonyl (C=O) groups is 1. The maximum atomic E-state index is 12.2. The Kier molecular flexibility index (Phi) is 4.12. The maximum Gasteiger partial charge on any atom is 0.401 e. The van der Waals surface area contributed by atoms with Gasteiger partial charge in [-0.15, -0.1) is 5.10 Å². The Bertz CT molecular complexity index is 474. The van der Waals surface area contributed by atoms with Crippen LogP contribution < -0.4 is 11.1 Å². The SMILES string of the molecule is Nc1n[nH]c(C(=O)NCC2CCN(CC(F)(F)F)C2)n1. The lowest BCUT2D eigenvalue weighted by Crippen LogP contribution is -2.35. The molecule has 112 valence electrons. The lowest BCUT2D eigenvalue weighted by Gasteiger charge is -2.17. The summed E-state index contributed by atoms with van der Waals surface area (Å²) in [5.74, 6) is -0.509. The van der Waals surface area contributed by atoms with E-state index in [4.69, 9.17) is 5.73 Å². The third-order valence-corrected chi connectivity index (χ3v) is 3.04. The summed E-state index contributed by atoms with van der Waals surface area (Å²) in [5, 5.41) is 8.48. The van der Waals surface area contributed by atoms with E-state index in [-0.39, 0.29) is 17.7 Å². The number of hydrogen-bond donors (Lipinski definition) is 3. The minimum atomic E-state index is -4.19. The molecule has 10 heteroatoms. The van der Waals surface area contributed by atoms with Gasteiger partial charge in [0.05, 0.1) is 6.54 Å². The second kappa shape index (κ2) is 5.65. The number of anilines is 1. The van der Waals surface area contributed by atoms with Crippen LogP contribution in [0.1, 0.15) is 17.0 Å². The number of rotatable bonds is 4. The minimum absolute atomic E-state index is 0.00145. The summed E-state index contributed by atoms with van der Waals surface area (Å²) in [5.41, 5.74) is 5.26. The van der Waals surface area contributed by atoms with Gasteiger partial charge < -0.3 is 11.1 Å². The molecule has 20 heavy (non-hydrogen) atoms. The number of aromatic amines is 1. The molecule has 0 bridgehead atoms. The number of amides is 1. The van der Waals surface area contributed by atoms with Crippen LogP contribution in [0.2, 0.25) is 0 Å². The van der Waals surface area contributed by atoms with E-state index in [9.17, 15) is 18.0 Å². The normalized spacial score (nSPS) is 20.2. The number of carbonyl (C=O) groups excluding carboxylic acids is 1. The fourth-order valence-electron chi connectivity index (χ4n) is 2.17. The van der Waals surface area contributed by atoms with Crippen LogP contribution in [-0.2, 0) is 0 Å². The Morgan fingerprint density at radius 3 is 2.90 bits per heavy atom. The monoisotopic (exact) mass is 292 g/mol. The van der Waals surface area contributed by atoms with Crippen molar-refractivity contribution >= 4 is 11.9 Å². The largest absolute Gasteiger partial charge is 0.401 e. The molecule has 2 rings (SSSR count). The van der Waals surface area contributed by atoms with Gasteiger partial charge in [0.1, 0.15) is 0 Å². The van der Waals surface area contributed by atoms with Gasteiger partial charge in [0, 0.05) is 13.1 Å². The molecule has 0 saturated carbocycles. The van der Waals surface area contributed by atoms with E-state index in [1.807, 2.05) is 0 Å². The summed E-state index contributed by atoms with van der Waals surface area (Å²) in [4.78, 5) is 16.6. The predicted octanol–water partition coefficient (Wildman–Crippen LogP) is 0.000900. The van der Waals surface area contributed by atoms with E-state index in [1.54, 1.807) is 0 Å². The van der Waals surface area contributed by atoms with Crippen molar-refractivity contribution in [1.29, 1.82) is 0 Å². The van der Waals surface area contributed by atoms with Crippen molar-refractivity contribution in [3.8, 4) is 0 Å². The van der Waals surface area contributed by atoms with Gasteiger partial charge in [-0.05, 0) is 18.9 Å². The van der Waals surface area contributed by atoms with Crippen LogP contribution in [0.25, 0.3) is 0 Å². The molecule has 1 unspecified atom stereocenters. The topological polar surface area (TPSA) is 99.9 Å². The molecule has 1 aliphatic heterocycles. The van der Waals surface area contributed by atoms with Crippen molar-refractivity contribution in [2.45, 2.75) is 12.6 Å². The molecule has 1 amide bonds. The van der Waals surface area contributed by atoms with Gasteiger partial charge in [-0.25, -0.2) is 0 Å². The van der Waals surface area contributed by atoms with E-state index in [0.717, 1.165) is 0 Å². The molecule has 1 atom stereocenters. The molecule has 4 N–H and O–H groups in total. The zero-order chi connectivity index (χ0) is 14.8. The molecule has 1 aromatic rings. The highest BCUT2D eigenvalue weighted by atomic mass is 19.4. The number of aromatic nitrogens is 3. The Morgan fingerprint density at radius 1 is 1.55 bits per heavy atom. The molecule has 0 aromatic carbocycles. The molecule has 0 radical (unpaired) electrons. The summed E-state index contributed by atoms with van der Waals surface area (Å²) in [7, 11) is 0. The number of halogens is 3. The third kappa shape index (κ3) is 4.08. The molecule has 2 heterocycles. The van der Waals surface area contributed by atoms with Gasteiger partial charge in [-0.2, -0.15) is 18.2 Å². The van der Waals surface area contributed by atoms with E-state index >= 15 is 0 Å². The van der Waals surface area contributed by atoms with Gasteiger partial charge in [-0.1, -0.05) is 0 Å². The van der Waals surface area contributed by atoms with E-state index in [0.29, 0.717) is 26.1 Å². The van der Waals surface area contributed by atoms with Crippen LogP contribution in [-0.4, -0.2) is 58.3 Å². The number of nitrogen functional groups attached to an aromatic ring is 1. The number of alkyl halides is 3. The van der Waals surface area contributed by atoms with Crippen molar-refractivity contribution in [1.82, 2.24) is 25.4 Å². The van der Waals surface area contributed by atoms with Gasteiger partial charge in [0.25, 0.3) is 5.91 Å². The number of nitrogens with two attached hydrogens (primary N) is 1. The van der Waals surface area contributed by atoms with Gasteiger partial charge in [-0.3, -0.25) is 14.8 Å². The molecule has 7 nitrogen and oxygen atoms in total. The Hall–Kier alpha value is -1.84. The third-order valence-electron chi connectivity index (χ3n) is 3.04. The number of nitrogens with one attached hydrogen (secondary N) is 2. The smallest absolute Gasteiger partial charge is 0.366 e. The number of nitrogens with zero attached hydrogens (tertiary/aromatic N) is 3. The summed E-state index contributed by atoms with van der Waals surface area (Å²) in [6.07, 6.45) is -3.57. The van der Waals surface area contributed by atoms with Crippen LogP contribution in [0.5, 0.6) is 0 Å². The molecule has 1 aromatic heterocycles. The summed E-state index contributed by atoms with van der Waals surface area (Å²) < 4.78 is 36.7. The first kappa shape index (κ1) is 14.6. The van der Waals surface area contributed by atoms with Crippen LogP contribution in [0, 0.1) is 5.92 Å². The molecule has 1 saturated heterocycles. The van der Waals surface area contributed by atoms with Crippen LogP contribution in [0.3, 0.4) is 0 Å². The van der Waals surface area contributed by atoms with Crippen molar-refractivity contribution in [3.63, 3.8) is 0 Å². The zero-order valence-corrected chi connectivity index (χ0v) is 10.6. The number of H-pyrrole nitrogens is 1. The Labute approximate surface area is 112 Å². The van der Waals surface area contributed by atoms with E-state index < -0.39 is 18.6 Å². The maximum absolute atomic E-state index is 12.2. The molecule has 0 spiro atoms. The van der Waals surface area contributed by atoms with E-state index in [1.165, 1.54) is 4.90 Å². The van der Waals surface area contributed by atoms with Crippen molar-refractivity contribution in [2.75, 3.05) is 31.9 Å². The minimum Gasteiger partial charge on any atom is -0.366 e. The van der Waals surface area contributed by atoms with Gasteiger partial charge >= 0.3 is 6.18 Å². The summed E-state index contributed by atoms with van der Waals surface area (Å²) >= 11 is 0. The Balaban J connectivity index is 1.74. The molecular weight excluding hydrogens is 277 g/mol. The first-order valence-electron chi connectivity index (χ1n) is 6.08. The summed E-state index contributed by atoms with van der Waals surface area (Å²) in [6.45, 7) is 0.0948. The van der Waals surface area contributed by atoms with Gasteiger partial charge in [0.15, 0.2) is 0 Å². The van der Waals surface area contributed by atoms with Gasteiger partial charge in [0.2, 0.25) is 11.8 Å². The second-order valence-corrected chi connectivity index (χ2v) is 4.76. The molecule has 1 fully saturated rings. The highest BCUT2D eigenvalue weighted by Crippen LogP contribution is 2.22. The second-order valence-electron chi connectivity index (χ2n) is 4.76. The zero-order valence-electron chi connectivity index (χ0n) is 10.6. The quantitative estimate of drug-likeness (QED) is 0.725. The average molecular weight is 292 g/mol. The number of likely N-dealkylation sites (tertiary alicyclic amines) is 1. The molecule has 0 aliphatic carbocycles. The van der Waals surface area contributed by atoms with Crippen LogP contribution in [0.15, 0.2) is 0 Å². The van der Waals surface area contributed by atoms with Crippen LogP contribution in [0.4, 0.5) is 19.1 Å². The molecular formula is C10H15F3N6O.